The summed E-state index contributed by atoms with van der Waals surface area (Å²) >= 11 is 0. The molecule has 0 saturated heterocycles. The standard InChI is InChI=1S/C12H16N4O2/c1-8(2)17-10-4-9(13)5-11(6-10)18-12-14-7-16(3)15-12/h4-8H,13H2,1-3H3. The number of nitrogen functional groups attached to an aromatic ring is 1. The number of aryl methyl sites for hydroxylation is 1. The molecule has 0 aliphatic rings. The lowest BCUT2D eigenvalue weighted by atomic mass is 10.3. The van der Waals surface area contributed by atoms with E-state index in [2.05, 4.69) is 10.1 Å². The number of ether oxygens (including phenoxy) is 2. The second-order valence-electron chi connectivity index (χ2n) is 4.21. The third kappa shape index (κ3) is 3.13. The molecule has 0 aliphatic heterocycles. The Bertz CT molecular complexity index is 537. The topological polar surface area (TPSA) is 75.2 Å². The van der Waals surface area contributed by atoms with E-state index in [1.54, 1.807) is 36.3 Å². The summed E-state index contributed by atoms with van der Waals surface area (Å²) < 4.78 is 12.6. The lowest BCUT2D eigenvalue weighted by Gasteiger charge is -2.11. The molecule has 0 radical (unpaired) electrons. The van der Waals surface area contributed by atoms with Crippen LogP contribution in [0.5, 0.6) is 17.5 Å². The first kappa shape index (κ1) is 12.2. The Morgan fingerprint density at radius 1 is 1.22 bits per heavy atom. The van der Waals surface area contributed by atoms with Crippen LogP contribution in [0.3, 0.4) is 0 Å². The molecule has 2 rings (SSSR count). The van der Waals surface area contributed by atoms with Gasteiger partial charge in [0.25, 0.3) is 0 Å². The summed E-state index contributed by atoms with van der Waals surface area (Å²) in [7, 11) is 1.77. The predicted molar refractivity (Wildman–Crippen MR) is 67.7 cm³/mol. The molecule has 0 amide bonds. The number of hydrogen-bond acceptors (Lipinski definition) is 5. The van der Waals surface area contributed by atoms with Gasteiger partial charge >= 0.3 is 6.01 Å². The molecule has 96 valence electrons. The number of nitrogens with zero attached hydrogens (tertiary/aromatic N) is 3. The molecular weight excluding hydrogens is 232 g/mol. The summed E-state index contributed by atoms with van der Waals surface area (Å²) in [6.45, 7) is 3.90. The van der Waals surface area contributed by atoms with E-state index in [-0.39, 0.29) is 12.1 Å². The smallest absolute Gasteiger partial charge is 0.340 e. The Hall–Kier alpha value is -2.24. The average molecular weight is 248 g/mol. The number of rotatable bonds is 4. The first-order valence-corrected chi connectivity index (χ1v) is 5.63. The van der Waals surface area contributed by atoms with Gasteiger partial charge in [-0.2, -0.15) is 4.98 Å². The van der Waals surface area contributed by atoms with Crippen LogP contribution >= 0.6 is 0 Å². The number of hydrogen-bond donors (Lipinski definition) is 1. The molecule has 0 spiro atoms. The molecule has 2 N–H and O–H groups in total. The van der Waals surface area contributed by atoms with Crippen LogP contribution in [0.25, 0.3) is 0 Å². The number of aromatic nitrogens is 3. The molecule has 1 heterocycles. The highest BCUT2D eigenvalue weighted by atomic mass is 16.5. The predicted octanol–water partition coefficient (Wildman–Crippen LogP) is 1.98. The van der Waals surface area contributed by atoms with E-state index >= 15 is 0 Å². The fourth-order valence-corrected chi connectivity index (χ4v) is 1.46. The minimum absolute atomic E-state index is 0.0765. The van der Waals surface area contributed by atoms with Crippen LogP contribution in [0.4, 0.5) is 5.69 Å². The van der Waals surface area contributed by atoms with Crippen molar-refractivity contribution in [2.45, 2.75) is 20.0 Å². The van der Waals surface area contributed by atoms with Crippen LogP contribution in [0.1, 0.15) is 13.8 Å². The highest BCUT2D eigenvalue weighted by Gasteiger charge is 2.06. The maximum atomic E-state index is 5.79. The van der Waals surface area contributed by atoms with Crippen molar-refractivity contribution in [2.24, 2.45) is 7.05 Å². The van der Waals surface area contributed by atoms with Gasteiger partial charge in [-0.1, -0.05) is 0 Å². The largest absolute Gasteiger partial charge is 0.491 e. The maximum Gasteiger partial charge on any atom is 0.340 e. The Labute approximate surface area is 105 Å². The molecule has 1 aromatic carbocycles. The Balaban J connectivity index is 2.19. The van der Waals surface area contributed by atoms with Crippen molar-refractivity contribution in [3.8, 4) is 17.5 Å². The summed E-state index contributed by atoms with van der Waals surface area (Å²) in [6.07, 6.45) is 1.64. The summed E-state index contributed by atoms with van der Waals surface area (Å²) in [4.78, 5) is 3.98. The summed E-state index contributed by atoms with van der Waals surface area (Å²) in [5.41, 5.74) is 6.36. The third-order valence-corrected chi connectivity index (χ3v) is 2.06. The molecule has 6 heteroatoms. The van der Waals surface area contributed by atoms with Crippen LogP contribution in [0.15, 0.2) is 24.5 Å². The molecule has 2 aromatic rings. The first-order chi connectivity index (χ1) is 8.52. The van der Waals surface area contributed by atoms with E-state index in [9.17, 15) is 0 Å². The lowest BCUT2D eigenvalue weighted by molar-refractivity contribution is 0.241. The molecule has 18 heavy (non-hydrogen) atoms. The first-order valence-electron chi connectivity index (χ1n) is 5.63. The zero-order valence-corrected chi connectivity index (χ0v) is 10.6. The van der Waals surface area contributed by atoms with Crippen molar-refractivity contribution in [1.29, 1.82) is 0 Å². The van der Waals surface area contributed by atoms with Crippen molar-refractivity contribution < 1.29 is 9.47 Å². The van der Waals surface area contributed by atoms with E-state index in [0.29, 0.717) is 17.2 Å². The van der Waals surface area contributed by atoms with Crippen LogP contribution in [-0.4, -0.2) is 20.9 Å². The summed E-state index contributed by atoms with van der Waals surface area (Å²) in [5, 5.41) is 4.03. The Morgan fingerprint density at radius 2 is 1.94 bits per heavy atom. The van der Waals surface area contributed by atoms with Crippen molar-refractivity contribution in [3.63, 3.8) is 0 Å². The normalized spacial score (nSPS) is 10.7. The van der Waals surface area contributed by atoms with Gasteiger partial charge in [-0.3, -0.25) is 4.68 Å². The van der Waals surface area contributed by atoms with E-state index in [4.69, 9.17) is 15.2 Å². The molecule has 0 unspecified atom stereocenters. The zero-order valence-electron chi connectivity index (χ0n) is 10.6. The molecule has 0 aliphatic carbocycles. The van der Waals surface area contributed by atoms with Gasteiger partial charge in [0, 0.05) is 30.9 Å². The van der Waals surface area contributed by atoms with Crippen molar-refractivity contribution in [2.75, 3.05) is 5.73 Å². The van der Waals surface area contributed by atoms with Crippen LogP contribution < -0.4 is 15.2 Å². The minimum atomic E-state index is 0.0765. The summed E-state index contributed by atoms with van der Waals surface area (Å²) in [6, 6.07) is 5.48. The van der Waals surface area contributed by atoms with Gasteiger partial charge in [-0.25, -0.2) is 0 Å². The van der Waals surface area contributed by atoms with Crippen molar-refractivity contribution in [1.82, 2.24) is 14.8 Å². The second kappa shape index (κ2) is 4.95. The van der Waals surface area contributed by atoms with Gasteiger partial charge in [0.15, 0.2) is 0 Å². The molecule has 0 fully saturated rings. The minimum Gasteiger partial charge on any atom is -0.491 e. The SMILES string of the molecule is CC(C)Oc1cc(N)cc(Oc2ncn(C)n2)c1. The third-order valence-electron chi connectivity index (χ3n) is 2.06. The number of benzene rings is 1. The van der Waals surface area contributed by atoms with E-state index < -0.39 is 0 Å². The molecule has 0 atom stereocenters. The highest BCUT2D eigenvalue weighted by Crippen LogP contribution is 2.27. The van der Waals surface area contributed by atoms with Gasteiger partial charge in [-0.05, 0) is 13.8 Å². The van der Waals surface area contributed by atoms with Crippen LogP contribution in [-0.2, 0) is 7.05 Å². The monoisotopic (exact) mass is 248 g/mol. The Morgan fingerprint density at radius 3 is 2.56 bits per heavy atom. The van der Waals surface area contributed by atoms with Crippen LogP contribution in [0, 0.1) is 0 Å². The van der Waals surface area contributed by atoms with Crippen molar-refractivity contribution >= 4 is 5.69 Å². The van der Waals surface area contributed by atoms with Gasteiger partial charge in [-0.15, -0.1) is 5.10 Å². The van der Waals surface area contributed by atoms with Gasteiger partial charge in [0.2, 0.25) is 0 Å². The van der Waals surface area contributed by atoms with Gasteiger partial charge in [0.1, 0.15) is 17.8 Å². The molecule has 0 bridgehead atoms. The zero-order chi connectivity index (χ0) is 13.1. The maximum absolute atomic E-state index is 5.79. The Kier molecular flexibility index (Phi) is 3.36. The fourth-order valence-electron chi connectivity index (χ4n) is 1.46. The summed E-state index contributed by atoms with van der Waals surface area (Å²) in [5.74, 6) is 1.22. The molecule has 0 saturated carbocycles. The van der Waals surface area contributed by atoms with Gasteiger partial charge < -0.3 is 15.2 Å². The van der Waals surface area contributed by atoms with Gasteiger partial charge in [0.05, 0.1) is 6.10 Å². The molecule has 6 nitrogen and oxygen atoms in total. The number of nitrogens with two attached hydrogens (primary N) is 1. The van der Waals surface area contributed by atoms with Crippen molar-refractivity contribution in [3.05, 3.63) is 24.5 Å². The molecular formula is C12H16N4O2. The quantitative estimate of drug-likeness (QED) is 0.837. The van der Waals surface area contributed by atoms with Crippen LogP contribution in [0.2, 0.25) is 0 Å². The van der Waals surface area contributed by atoms with E-state index in [1.807, 2.05) is 13.8 Å². The second-order valence-corrected chi connectivity index (χ2v) is 4.21. The lowest BCUT2D eigenvalue weighted by Crippen LogP contribution is -2.06. The average Bonchev–Trinajstić information content (AvgIpc) is 2.61. The van der Waals surface area contributed by atoms with E-state index in [0.717, 1.165) is 0 Å². The number of anilines is 1. The van der Waals surface area contributed by atoms with E-state index in [1.165, 1.54) is 0 Å². The highest BCUT2D eigenvalue weighted by molar-refractivity contribution is 5.50. The molecule has 1 aromatic heterocycles. The fraction of sp³-hybridized carbons (Fsp3) is 0.333.